The Morgan fingerprint density at radius 3 is 2.51 bits per heavy atom. The van der Waals surface area contributed by atoms with Crippen LogP contribution in [0.5, 0.6) is 0 Å². The minimum absolute atomic E-state index is 0.114. The van der Waals surface area contributed by atoms with Gasteiger partial charge >= 0.3 is 8.25 Å². The SMILES string of the molecule is CC(C)(C)[Si](C)(C)O[C@@H]1[C@H](O[P+](=O)O)[C@@H](CO)C[C@H]1n1ccc2c(NC(=O)c3ccccc3)ncnc21. The van der Waals surface area contributed by atoms with Crippen LogP contribution in [0.25, 0.3) is 11.0 Å². The predicted octanol–water partition coefficient (Wildman–Crippen LogP) is 4.66. The molecule has 3 aromatic rings. The second-order valence-corrected chi connectivity index (χ2v) is 16.3. The van der Waals surface area contributed by atoms with E-state index >= 15 is 0 Å². The minimum Gasteiger partial charge on any atom is -0.409 e. The van der Waals surface area contributed by atoms with Gasteiger partial charge in [-0.2, -0.15) is 0 Å². The fourth-order valence-electron chi connectivity index (χ4n) is 4.54. The first kappa shape index (κ1) is 27.5. The molecule has 2 heterocycles. The molecule has 1 fully saturated rings. The Morgan fingerprint density at radius 1 is 1.19 bits per heavy atom. The fourth-order valence-corrected chi connectivity index (χ4v) is 6.36. The molecule has 0 saturated heterocycles. The third kappa shape index (κ3) is 5.67. The zero-order chi connectivity index (χ0) is 27.0. The van der Waals surface area contributed by atoms with Crippen molar-refractivity contribution in [3.8, 4) is 0 Å². The van der Waals surface area contributed by atoms with Gasteiger partial charge in [0.15, 0.2) is 8.32 Å². The van der Waals surface area contributed by atoms with Gasteiger partial charge in [0.2, 0.25) is 0 Å². The average molecular weight is 546 g/mol. The average Bonchev–Trinajstić information content (AvgIpc) is 3.40. The van der Waals surface area contributed by atoms with Gasteiger partial charge in [-0.1, -0.05) is 39.0 Å². The molecule has 1 aromatic carbocycles. The Morgan fingerprint density at radius 2 is 1.89 bits per heavy atom. The highest BCUT2D eigenvalue weighted by Crippen LogP contribution is 2.47. The van der Waals surface area contributed by atoms with E-state index in [0.29, 0.717) is 28.8 Å². The summed E-state index contributed by atoms with van der Waals surface area (Å²) in [5, 5.41) is 13.5. The Kier molecular flexibility index (Phi) is 7.94. The van der Waals surface area contributed by atoms with Gasteiger partial charge in [0.25, 0.3) is 5.91 Å². The van der Waals surface area contributed by atoms with E-state index in [1.54, 1.807) is 24.3 Å². The van der Waals surface area contributed by atoms with Crippen molar-refractivity contribution in [2.45, 2.75) is 63.6 Å². The molecule has 0 radical (unpaired) electrons. The van der Waals surface area contributed by atoms with Gasteiger partial charge in [0.05, 0.1) is 17.5 Å². The van der Waals surface area contributed by atoms with E-state index in [2.05, 4.69) is 49.1 Å². The molecule has 198 valence electrons. The Bertz CT molecular complexity index is 1280. The van der Waals surface area contributed by atoms with Crippen LogP contribution < -0.4 is 5.32 Å². The Hall–Kier alpha value is -2.53. The molecule has 2 aromatic heterocycles. The zero-order valence-corrected chi connectivity index (χ0v) is 23.6. The number of aliphatic hydroxyl groups is 1. The number of benzene rings is 1. The molecule has 0 bridgehead atoms. The molecule has 10 nitrogen and oxygen atoms in total. The van der Waals surface area contributed by atoms with Gasteiger partial charge < -0.3 is 19.4 Å². The van der Waals surface area contributed by atoms with Gasteiger partial charge in [-0.25, -0.2) is 9.97 Å². The first-order chi connectivity index (χ1) is 17.4. The van der Waals surface area contributed by atoms with E-state index < -0.39 is 34.7 Å². The van der Waals surface area contributed by atoms with Crippen LogP contribution in [0, 0.1) is 5.92 Å². The number of carbonyl (C=O) groups is 1. The first-order valence-corrected chi connectivity index (χ1v) is 16.3. The number of carbonyl (C=O) groups excluding carboxylic acids is 1. The summed E-state index contributed by atoms with van der Waals surface area (Å²) >= 11 is 0. The summed E-state index contributed by atoms with van der Waals surface area (Å²) in [6.07, 6.45) is 2.34. The fraction of sp³-hybridized carbons (Fsp3) is 0.480. The molecule has 4 rings (SSSR count). The molecule has 1 saturated carbocycles. The number of hydrogen-bond donors (Lipinski definition) is 3. The van der Waals surface area contributed by atoms with Crippen molar-refractivity contribution in [1.82, 2.24) is 14.5 Å². The molecule has 5 atom stereocenters. The summed E-state index contributed by atoms with van der Waals surface area (Å²) in [6, 6.07) is 10.4. The Labute approximate surface area is 218 Å². The molecule has 0 aliphatic heterocycles. The molecule has 1 aliphatic carbocycles. The molecule has 0 spiro atoms. The standard InChI is InChI=1S/C25H33N4O6PSi/c1-25(2,3)37(4,5)35-21-19(13-17(14-30)20(21)34-36(32)33)29-12-11-18-22(26-15-27-23(18)29)28-24(31)16-9-7-6-8-10-16/h6-12,15,17,19-21,30H,13-14H2,1-5H3,(H-,26,27,28,31,32,33)/p+1/t17-,19-,20-,21+/m1/s1. The highest BCUT2D eigenvalue weighted by Gasteiger charge is 2.53. The largest absolute Gasteiger partial charge is 0.695 e. The lowest BCUT2D eigenvalue weighted by molar-refractivity contribution is 0.0178. The van der Waals surface area contributed by atoms with Crippen LogP contribution in [0.15, 0.2) is 48.9 Å². The second-order valence-electron chi connectivity index (χ2n) is 10.9. The minimum atomic E-state index is -2.90. The molecule has 1 unspecified atom stereocenters. The topological polar surface area (TPSA) is 136 Å². The van der Waals surface area contributed by atoms with Gasteiger partial charge in [-0.05, 0) is 42.8 Å². The number of fused-ring (bicyclic) bond motifs is 1. The van der Waals surface area contributed by atoms with Gasteiger partial charge in [-0.15, -0.1) is 9.42 Å². The maximum absolute atomic E-state index is 12.8. The third-order valence-corrected chi connectivity index (χ3v) is 12.4. The van der Waals surface area contributed by atoms with Crippen LogP contribution >= 0.6 is 8.25 Å². The van der Waals surface area contributed by atoms with Crippen LogP contribution in [-0.4, -0.2) is 57.6 Å². The van der Waals surface area contributed by atoms with Crippen LogP contribution in [0.4, 0.5) is 5.82 Å². The first-order valence-electron chi connectivity index (χ1n) is 12.2. The molecular formula is C25H34N4O6PSi+. The summed E-state index contributed by atoms with van der Waals surface area (Å²) in [5.74, 6) is -0.307. The van der Waals surface area contributed by atoms with Crippen LogP contribution in [-0.2, 0) is 13.5 Å². The van der Waals surface area contributed by atoms with Crippen molar-refractivity contribution < 1.29 is 28.3 Å². The lowest BCUT2D eigenvalue weighted by Crippen LogP contribution is -2.48. The molecule has 12 heteroatoms. The van der Waals surface area contributed by atoms with E-state index in [1.807, 2.05) is 22.9 Å². The van der Waals surface area contributed by atoms with Crippen molar-refractivity contribution in [1.29, 1.82) is 0 Å². The number of anilines is 1. The zero-order valence-electron chi connectivity index (χ0n) is 21.7. The van der Waals surface area contributed by atoms with Crippen molar-refractivity contribution in [2.75, 3.05) is 11.9 Å². The van der Waals surface area contributed by atoms with Crippen LogP contribution in [0.2, 0.25) is 18.1 Å². The molecular weight excluding hydrogens is 511 g/mol. The van der Waals surface area contributed by atoms with Crippen LogP contribution in [0.3, 0.4) is 0 Å². The highest BCUT2D eigenvalue weighted by molar-refractivity contribution is 7.32. The quantitative estimate of drug-likeness (QED) is 0.275. The smallest absolute Gasteiger partial charge is 0.409 e. The van der Waals surface area contributed by atoms with E-state index in [4.69, 9.17) is 8.95 Å². The molecule has 1 amide bonds. The van der Waals surface area contributed by atoms with E-state index in [1.165, 1.54) is 6.33 Å². The number of rotatable bonds is 8. The maximum Gasteiger partial charge on any atom is 0.695 e. The number of aliphatic hydroxyl groups excluding tert-OH is 1. The number of amides is 1. The van der Waals surface area contributed by atoms with E-state index in [9.17, 15) is 19.4 Å². The van der Waals surface area contributed by atoms with Crippen molar-refractivity contribution in [3.05, 3.63) is 54.5 Å². The monoisotopic (exact) mass is 545 g/mol. The van der Waals surface area contributed by atoms with Crippen molar-refractivity contribution >= 4 is 39.3 Å². The van der Waals surface area contributed by atoms with E-state index in [0.717, 1.165) is 0 Å². The molecule has 1 aliphatic rings. The summed E-state index contributed by atoms with van der Waals surface area (Å²) in [5.41, 5.74) is 1.09. The summed E-state index contributed by atoms with van der Waals surface area (Å²) in [4.78, 5) is 31.1. The third-order valence-electron chi connectivity index (χ3n) is 7.53. The van der Waals surface area contributed by atoms with Gasteiger partial charge in [0.1, 0.15) is 23.9 Å². The Balaban J connectivity index is 1.72. The number of hydrogen-bond acceptors (Lipinski definition) is 7. The van der Waals surface area contributed by atoms with Crippen molar-refractivity contribution in [2.24, 2.45) is 5.92 Å². The number of nitrogens with zero attached hydrogens (tertiary/aromatic N) is 3. The van der Waals surface area contributed by atoms with Gasteiger partial charge in [0, 0.05) is 28.9 Å². The lowest BCUT2D eigenvalue weighted by atomic mass is 10.1. The van der Waals surface area contributed by atoms with E-state index in [-0.39, 0.29) is 23.6 Å². The maximum atomic E-state index is 12.8. The van der Waals surface area contributed by atoms with Gasteiger partial charge in [-0.3, -0.25) is 4.79 Å². The normalized spacial score (nSPS) is 22.8. The number of aromatic nitrogens is 3. The van der Waals surface area contributed by atoms with Crippen molar-refractivity contribution in [3.63, 3.8) is 0 Å². The predicted molar refractivity (Wildman–Crippen MR) is 143 cm³/mol. The van der Waals surface area contributed by atoms with Crippen LogP contribution in [0.1, 0.15) is 43.6 Å². The summed E-state index contributed by atoms with van der Waals surface area (Å²) in [7, 11) is -5.23. The number of nitrogens with one attached hydrogen (secondary N) is 1. The summed E-state index contributed by atoms with van der Waals surface area (Å²) in [6.45, 7) is 10.4. The lowest BCUT2D eigenvalue weighted by Gasteiger charge is -2.40. The highest BCUT2D eigenvalue weighted by atomic mass is 31.1. The summed E-state index contributed by atoms with van der Waals surface area (Å²) < 4.78 is 25.9. The second kappa shape index (κ2) is 10.7. The molecule has 37 heavy (non-hydrogen) atoms. The molecule has 3 N–H and O–H groups in total.